The lowest BCUT2D eigenvalue weighted by molar-refractivity contribution is -0.0232. The van der Waals surface area contributed by atoms with E-state index < -0.39 is 0 Å². The van der Waals surface area contributed by atoms with E-state index in [9.17, 15) is 0 Å². The Labute approximate surface area is 137 Å². The Morgan fingerprint density at radius 2 is 2.04 bits per heavy atom. The molecule has 2 heterocycles. The van der Waals surface area contributed by atoms with Crippen LogP contribution < -0.4 is 4.90 Å². The molecule has 0 unspecified atom stereocenters. The van der Waals surface area contributed by atoms with E-state index in [4.69, 9.17) is 4.74 Å². The van der Waals surface area contributed by atoms with Crippen LogP contribution in [0.3, 0.4) is 0 Å². The summed E-state index contributed by atoms with van der Waals surface area (Å²) >= 11 is 0. The maximum Gasteiger partial charge on any atom is 0.132 e. The van der Waals surface area contributed by atoms with Crippen molar-refractivity contribution in [3.05, 3.63) is 53.5 Å². The van der Waals surface area contributed by atoms with Crippen LogP contribution in [0.1, 0.15) is 23.2 Å². The summed E-state index contributed by atoms with van der Waals surface area (Å²) in [5.41, 5.74) is 2.24. The molecule has 0 bridgehead atoms. The zero-order chi connectivity index (χ0) is 16.2. The maximum absolute atomic E-state index is 5.89. The van der Waals surface area contributed by atoms with Gasteiger partial charge in [0.2, 0.25) is 0 Å². The molecule has 0 amide bonds. The largest absolute Gasteiger partial charge is 0.369 e. The predicted molar refractivity (Wildman–Crippen MR) is 91.5 cm³/mol. The molecule has 1 aliphatic heterocycles. The molecule has 1 aromatic carbocycles. The fraction of sp³-hybridized carbons (Fsp3) is 0.444. The molecular formula is C18H24N4O. The van der Waals surface area contributed by atoms with Crippen LogP contribution in [0, 0.1) is 6.92 Å². The first-order valence-electron chi connectivity index (χ1n) is 8.02. The minimum atomic E-state index is 0.0272. The highest BCUT2D eigenvalue weighted by Gasteiger charge is 2.22. The number of benzene rings is 1. The van der Waals surface area contributed by atoms with Crippen molar-refractivity contribution in [2.75, 3.05) is 38.7 Å². The second kappa shape index (κ2) is 7.06. The first-order valence-corrected chi connectivity index (χ1v) is 8.02. The fourth-order valence-corrected chi connectivity index (χ4v) is 2.83. The molecule has 5 nitrogen and oxygen atoms in total. The zero-order valence-corrected chi connectivity index (χ0v) is 14.1. The lowest BCUT2D eigenvalue weighted by Gasteiger charge is -2.30. The molecule has 23 heavy (non-hydrogen) atoms. The Hall–Kier alpha value is -1.98. The van der Waals surface area contributed by atoms with Gasteiger partial charge in [-0.15, -0.1) is 0 Å². The van der Waals surface area contributed by atoms with Crippen LogP contribution in [-0.4, -0.2) is 48.7 Å². The average molecular weight is 312 g/mol. The number of likely N-dealkylation sites (N-methyl/N-ethyl adjacent to an activating group) is 1. The van der Waals surface area contributed by atoms with Gasteiger partial charge in [0.15, 0.2) is 0 Å². The van der Waals surface area contributed by atoms with Crippen molar-refractivity contribution in [1.29, 1.82) is 0 Å². The van der Waals surface area contributed by atoms with Gasteiger partial charge in [-0.1, -0.05) is 30.3 Å². The smallest absolute Gasteiger partial charge is 0.132 e. The number of aryl methyl sites for hydroxylation is 1. The Bertz CT molecular complexity index is 647. The maximum atomic E-state index is 5.89. The van der Waals surface area contributed by atoms with Crippen molar-refractivity contribution in [3.8, 4) is 0 Å². The molecule has 1 atom stereocenters. The molecule has 1 saturated heterocycles. The quantitative estimate of drug-likeness (QED) is 0.867. The Morgan fingerprint density at radius 3 is 2.78 bits per heavy atom. The summed E-state index contributed by atoms with van der Waals surface area (Å²) in [5, 5.41) is 0. The number of morpholine rings is 1. The second-order valence-corrected chi connectivity index (χ2v) is 6.16. The van der Waals surface area contributed by atoms with Crippen LogP contribution in [0.15, 0.2) is 36.4 Å². The third-order valence-electron chi connectivity index (χ3n) is 4.10. The van der Waals surface area contributed by atoms with Crippen LogP contribution in [0.4, 0.5) is 5.82 Å². The topological polar surface area (TPSA) is 41.5 Å². The molecule has 0 spiro atoms. The van der Waals surface area contributed by atoms with Crippen LogP contribution in [0.2, 0.25) is 0 Å². The minimum absolute atomic E-state index is 0.0272. The molecule has 1 aliphatic rings. The minimum Gasteiger partial charge on any atom is -0.369 e. The van der Waals surface area contributed by atoms with Gasteiger partial charge in [-0.2, -0.15) is 0 Å². The van der Waals surface area contributed by atoms with E-state index >= 15 is 0 Å². The SMILES string of the molecule is Cc1nc([C@H]2CN(C)CCO2)cc(N(C)Cc2ccccc2)n1. The number of hydrogen-bond donors (Lipinski definition) is 0. The first-order chi connectivity index (χ1) is 11.1. The van der Waals surface area contributed by atoms with Crippen molar-refractivity contribution >= 4 is 5.82 Å². The predicted octanol–water partition coefficient (Wildman–Crippen LogP) is 2.42. The molecular weight excluding hydrogens is 288 g/mol. The Kier molecular flexibility index (Phi) is 4.88. The van der Waals surface area contributed by atoms with E-state index in [2.05, 4.69) is 64.2 Å². The van der Waals surface area contributed by atoms with Crippen LogP contribution >= 0.6 is 0 Å². The molecule has 0 radical (unpaired) electrons. The average Bonchev–Trinajstić information content (AvgIpc) is 2.55. The highest BCUT2D eigenvalue weighted by atomic mass is 16.5. The summed E-state index contributed by atoms with van der Waals surface area (Å²) in [6.07, 6.45) is 0.0272. The Morgan fingerprint density at radius 1 is 1.26 bits per heavy atom. The van der Waals surface area contributed by atoms with Gasteiger partial charge >= 0.3 is 0 Å². The van der Waals surface area contributed by atoms with Crippen molar-refractivity contribution in [2.45, 2.75) is 19.6 Å². The number of anilines is 1. The first kappa shape index (κ1) is 15.9. The van der Waals surface area contributed by atoms with Crippen LogP contribution in [-0.2, 0) is 11.3 Å². The number of hydrogen-bond acceptors (Lipinski definition) is 5. The van der Waals surface area contributed by atoms with Crippen molar-refractivity contribution in [3.63, 3.8) is 0 Å². The van der Waals surface area contributed by atoms with Gasteiger partial charge < -0.3 is 14.5 Å². The van der Waals surface area contributed by atoms with Crippen molar-refractivity contribution in [1.82, 2.24) is 14.9 Å². The molecule has 2 aromatic rings. The number of nitrogens with zero attached hydrogens (tertiary/aromatic N) is 4. The molecule has 3 rings (SSSR count). The van der Waals surface area contributed by atoms with Crippen LogP contribution in [0.25, 0.3) is 0 Å². The van der Waals surface area contributed by atoms with E-state index in [-0.39, 0.29) is 6.10 Å². The van der Waals surface area contributed by atoms with Gasteiger partial charge in [0.1, 0.15) is 17.7 Å². The summed E-state index contributed by atoms with van der Waals surface area (Å²) in [4.78, 5) is 13.6. The Balaban J connectivity index is 1.79. The molecule has 1 fully saturated rings. The third kappa shape index (κ3) is 4.06. The molecule has 5 heteroatoms. The van der Waals surface area contributed by atoms with E-state index in [1.54, 1.807) is 0 Å². The van der Waals surface area contributed by atoms with Gasteiger partial charge in [-0.05, 0) is 19.5 Å². The monoisotopic (exact) mass is 312 g/mol. The van der Waals surface area contributed by atoms with Crippen LogP contribution in [0.5, 0.6) is 0 Å². The lowest BCUT2D eigenvalue weighted by Crippen LogP contribution is -2.35. The number of ether oxygens (including phenoxy) is 1. The zero-order valence-electron chi connectivity index (χ0n) is 14.1. The molecule has 0 saturated carbocycles. The fourth-order valence-electron chi connectivity index (χ4n) is 2.83. The normalized spacial score (nSPS) is 18.8. The standard InChI is InChI=1S/C18H24N4O/c1-14-19-16(17-13-21(2)9-10-23-17)11-18(20-14)22(3)12-15-7-5-4-6-8-15/h4-8,11,17H,9-10,12-13H2,1-3H3/t17-/m1/s1. The van der Waals surface area contributed by atoms with E-state index in [1.807, 2.05) is 13.0 Å². The molecule has 0 aliphatic carbocycles. The van der Waals surface area contributed by atoms with Gasteiger partial charge in [0, 0.05) is 32.7 Å². The van der Waals surface area contributed by atoms with Crippen molar-refractivity contribution < 1.29 is 4.74 Å². The lowest BCUT2D eigenvalue weighted by atomic mass is 10.2. The highest BCUT2D eigenvalue weighted by molar-refractivity contribution is 5.40. The summed E-state index contributed by atoms with van der Waals surface area (Å²) in [6, 6.07) is 12.5. The summed E-state index contributed by atoms with van der Waals surface area (Å²) in [7, 11) is 4.18. The second-order valence-electron chi connectivity index (χ2n) is 6.16. The van der Waals surface area contributed by atoms with Gasteiger partial charge in [-0.3, -0.25) is 0 Å². The number of aromatic nitrogens is 2. The highest BCUT2D eigenvalue weighted by Crippen LogP contribution is 2.23. The summed E-state index contributed by atoms with van der Waals surface area (Å²) < 4.78 is 5.89. The van der Waals surface area contributed by atoms with Gasteiger partial charge in [0.25, 0.3) is 0 Å². The molecule has 0 N–H and O–H groups in total. The van der Waals surface area contributed by atoms with E-state index in [1.165, 1.54) is 5.56 Å². The van der Waals surface area contributed by atoms with Crippen molar-refractivity contribution in [2.24, 2.45) is 0 Å². The molecule has 122 valence electrons. The van der Waals surface area contributed by atoms with Gasteiger partial charge in [0.05, 0.1) is 12.3 Å². The van der Waals surface area contributed by atoms with Gasteiger partial charge in [-0.25, -0.2) is 9.97 Å². The number of rotatable bonds is 4. The summed E-state index contributed by atoms with van der Waals surface area (Å²) in [6.45, 7) is 5.36. The third-order valence-corrected chi connectivity index (χ3v) is 4.10. The molecule has 1 aromatic heterocycles. The summed E-state index contributed by atoms with van der Waals surface area (Å²) in [5.74, 6) is 1.72. The van der Waals surface area contributed by atoms with E-state index in [0.717, 1.165) is 43.6 Å². The van der Waals surface area contributed by atoms with E-state index in [0.29, 0.717) is 0 Å².